The van der Waals surface area contributed by atoms with E-state index in [1.165, 1.54) is 218 Å². The number of hydrogen-bond donors (Lipinski definition) is 0. The van der Waals surface area contributed by atoms with Crippen LogP contribution >= 0.6 is 0 Å². The molecule has 0 aromatic heterocycles. The zero-order valence-electron chi connectivity index (χ0n) is 40.8. The topological polar surface area (TPSA) is 55.8 Å². The van der Waals surface area contributed by atoms with Gasteiger partial charge < -0.3 is 9.47 Å². The fourth-order valence-electron chi connectivity index (χ4n) is 8.39. The van der Waals surface area contributed by atoms with Crippen LogP contribution in [0.1, 0.15) is 290 Å². The fraction of sp³-hybridized carbons (Fsp3) is 0.926. The van der Waals surface area contributed by atoms with Gasteiger partial charge in [-0.1, -0.05) is 232 Å². The van der Waals surface area contributed by atoms with Gasteiger partial charge in [0, 0.05) is 6.42 Å². The van der Waals surface area contributed by atoms with Gasteiger partial charge in [0.2, 0.25) is 0 Å². The standard InChI is InChI=1S/C54H105NO4/c1-6-9-12-15-18-21-24-27-28-29-30-33-36-39-42-45-50-58-54(57)52(55(4)5)48-49-53(56)59-51(46-43-40-37-34-31-25-22-19-16-13-10-7-2)47-44-41-38-35-32-26-23-20-17-14-11-8-3/h27-28,51-52H,6-26,29-50H2,1-5H3/b28-27-. The number of esters is 2. The Morgan fingerprint density at radius 1 is 0.424 bits per heavy atom. The number of allylic oxidation sites excluding steroid dienone is 2. The van der Waals surface area contributed by atoms with Crippen molar-refractivity contribution in [3.63, 3.8) is 0 Å². The Kier molecular flexibility index (Phi) is 46.6. The fourth-order valence-corrected chi connectivity index (χ4v) is 8.39. The van der Waals surface area contributed by atoms with E-state index in [0.29, 0.717) is 13.0 Å². The van der Waals surface area contributed by atoms with Crippen LogP contribution < -0.4 is 0 Å². The summed E-state index contributed by atoms with van der Waals surface area (Å²) in [4.78, 5) is 28.1. The van der Waals surface area contributed by atoms with Crippen LogP contribution in [0.15, 0.2) is 12.2 Å². The van der Waals surface area contributed by atoms with E-state index in [1.807, 2.05) is 19.0 Å². The molecule has 5 nitrogen and oxygen atoms in total. The van der Waals surface area contributed by atoms with E-state index in [4.69, 9.17) is 9.47 Å². The van der Waals surface area contributed by atoms with Crippen molar-refractivity contribution in [1.82, 2.24) is 4.90 Å². The summed E-state index contributed by atoms with van der Waals surface area (Å²) in [7, 11) is 3.82. The van der Waals surface area contributed by atoms with Gasteiger partial charge in [-0.05, 0) is 78.3 Å². The highest BCUT2D eigenvalue weighted by Gasteiger charge is 2.24. The molecule has 0 saturated heterocycles. The maximum atomic E-state index is 13.2. The molecule has 350 valence electrons. The highest BCUT2D eigenvalue weighted by Crippen LogP contribution is 2.20. The average molecular weight is 832 g/mol. The zero-order valence-corrected chi connectivity index (χ0v) is 40.8. The molecular formula is C54H105NO4. The summed E-state index contributed by atoms with van der Waals surface area (Å²) in [5.74, 6) is -0.360. The number of carbonyl (C=O) groups is 2. The third-order valence-electron chi connectivity index (χ3n) is 12.5. The first-order chi connectivity index (χ1) is 29.0. The lowest BCUT2D eigenvalue weighted by atomic mass is 10.0. The average Bonchev–Trinajstić information content (AvgIpc) is 3.22. The third-order valence-corrected chi connectivity index (χ3v) is 12.5. The number of likely N-dealkylation sites (N-methyl/N-ethyl adjacent to an activating group) is 1. The predicted octanol–water partition coefficient (Wildman–Crippen LogP) is 17.4. The molecule has 0 spiro atoms. The van der Waals surface area contributed by atoms with Crippen molar-refractivity contribution in [3.05, 3.63) is 12.2 Å². The van der Waals surface area contributed by atoms with Gasteiger partial charge in [-0.2, -0.15) is 0 Å². The van der Waals surface area contributed by atoms with Crippen LogP contribution in [-0.4, -0.2) is 49.7 Å². The number of ether oxygens (including phenoxy) is 2. The van der Waals surface area contributed by atoms with Crippen molar-refractivity contribution in [2.45, 2.75) is 303 Å². The molecule has 0 radical (unpaired) electrons. The van der Waals surface area contributed by atoms with Crippen molar-refractivity contribution in [2.75, 3.05) is 20.7 Å². The van der Waals surface area contributed by atoms with Gasteiger partial charge in [-0.3, -0.25) is 14.5 Å². The SMILES string of the molecule is CCCCCCCC/C=C\CCCCCCCCOC(=O)C(CCC(=O)OC(CCCCCCCCCCCCCC)CCCCCCCCCCCCCC)N(C)C. The van der Waals surface area contributed by atoms with Crippen LogP contribution in [-0.2, 0) is 19.1 Å². The summed E-state index contributed by atoms with van der Waals surface area (Å²) in [6, 6.07) is -0.414. The molecule has 0 fully saturated rings. The van der Waals surface area contributed by atoms with Gasteiger partial charge in [0.1, 0.15) is 12.1 Å². The molecule has 0 aliphatic rings. The van der Waals surface area contributed by atoms with Crippen molar-refractivity contribution >= 4 is 11.9 Å². The largest absolute Gasteiger partial charge is 0.465 e. The lowest BCUT2D eigenvalue weighted by Crippen LogP contribution is -2.38. The van der Waals surface area contributed by atoms with Gasteiger partial charge in [-0.15, -0.1) is 0 Å². The molecule has 0 N–H and O–H groups in total. The molecular weight excluding hydrogens is 727 g/mol. The molecule has 0 saturated carbocycles. The van der Waals surface area contributed by atoms with E-state index < -0.39 is 6.04 Å². The Hall–Kier alpha value is -1.36. The Morgan fingerprint density at radius 2 is 0.746 bits per heavy atom. The van der Waals surface area contributed by atoms with E-state index in [1.54, 1.807) is 0 Å². The molecule has 0 aliphatic heterocycles. The smallest absolute Gasteiger partial charge is 0.323 e. The van der Waals surface area contributed by atoms with Crippen LogP contribution in [0.2, 0.25) is 0 Å². The normalized spacial score (nSPS) is 12.3. The molecule has 1 atom stereocenters. The van der Waals surface area contributed by atoms with Gasteiger partial charge >= 0.3 is 11.9 Å². The number of nitrogens with zero attached hydrogens (tertiary/aromatic N) is 1. The molecule has 0 aromatic carbocycles. The second-order valence-corrected chi connectivity index (χ2v) is 18.6. The second kappa shape index (κ2) is 47.7. The van der Waals surface area contributed by atoms with Gasteiger partial charge in [0.05, 0.1) is 6.61 Å². The summed E-state index contributed by atoms with van der Waals surface area (Å²) in [5, 5.41) is 0. The lowest BCUT2D eigenvalue weighted by molar-refractivity contribution is -0.152. The summed E-state index contributed by atoms with van der Waals surface area (Å²) >= 11 is 0. The van der Waals surface area contributed by atoms with Crippen molar-refractivity contribution in [3.8, 4) is 0 Å². The second-order valence-electron chi connectivity index (χ2n) is 18.6. The Bertz CT molecular complexity index is 860. The van der Waals surface area contributed by atoms with Crippen molar-refractivity contribution < 1.29 is 19.1 Å². The summed E-state index contributed by atoms with van der Waals surface area (Å²) in [6.45, 7) is 7.32. The highest BCUT2D eigenvalue weighted by atomic mass is 16.5. The van der Waals surface area contributed by atoms with Gasteiger partial charge in [0.15, 0.2) is 0 Å². The van der Waals surface area contributed by atoms with E-state index in [9.17, 15) is 9.59 Å². The predicted molar refractivity (Wildman–Crippen MR) is 258 cm³/mol. The molecule has 0 heterocycles. The zero-order chi connectivity index (χ0) is 43.1. The number of unbranched alkanes of at least 4 members (excludes halogenated alkanes) is 34. The van der Waals surface area contributed by atoms with Crippen LogP contribution in [0.4, 0.5) is 0 Å². The van der Waals surface area contributed by atoms with E-state index in [-0.39, 0.29) is 24.5 Å². The molecule has 0 aliphatic carbocycles. The van der Waals surface area contributed by atoms with Gasteiger partial charge in [0.25, 0.3) is 0 Å². The van der Waals surface area contributed by atoms with Crippen molar-refractivity contribution in [1.29, 1.82) is 0 Å². The molecule has 59 heavy (non-hydrogen) atoms. The minimum absolute atomic E-state index is 0.00451. The van der Waals surface area contributed by atoms with E-state index >= 15 is 0 Å². The monoisotopic (exact) mass is 832 g/mol. The third kappa shape index (κ3) is 43.1. The van der Waals surface area contributed by atoms with Gasteiger partial charge in [-0.25, -0.2) is 0 Å². The Labute approximate surface area is 370 Å². The Morgan fingerprint density at radius 3 is 1.10 bits per heavy atom. The number of hydrogen-bond acceptors (Lipinski definition) is 5. The van der Waals surface area contributed by atoms with Crippen LogP contribution in [0.25, 0.3) is 0 Å². The maximum Gasteiger partial charge on any atom is 0.323 e. The first-order valence-corrected chi connectivity index (χ1v) is 26.6. The number of carbonyl (C=O) groups excluding carboxylic acids is 2. The highest BCUT2D eigenvalue weighted by molar-refractivity contribution is 5.77. The molecule has 0 amide bonds. The summed E-state index contributed by atoms with van der Waals surface area (Å²) < 4.78 is 11.9. The first-order valence-electron chi connectivity index (χ1n) is 26.6. The molecule has 0 rings (SSSR count). The quantitative estimate of drug-likeness (QED) is 0.0347. The van der Waals surface area contributed by atoms with E-state index in [2.05, 4.69) is 32.9 Å². The first kappa shape index (κ1) is 57.6. The maximum absolute atomic E-state index is 13.2. The summed E-state index contributed by atoms with van der Waals surface area (Å²) in [5.41, 5.74) is 0. The summed E-state index contributed by atoms with van der Waals surface area (Å²) in [6.07, 6.45) is 57.2. The van der Waals surface area contributed by atoms with Crippen LogP contribution in [0, 0.1) is 0 Å². The number of rotatable bonds is 48. The van der Waals surface area contributed by atoms with Crippen LogP contribution in [0.5, 0.6) is 0 Å². The van der Waals surface area contributed by atoms with Crippen molar-refractivity contribution in [2.24, 2.45) is 0 Å². The molecule has 0 bridgehead atoms. The lowest BCUT2D eigenvalue weighted by Gasteiger charge is -2.23. The van der Waals surface area contributed by atoms with E-state index in [0.717, 1.165) is 38.5 Å². The molecule has 5 heteroatoms. The molecule has 1 unspecified atom stereocenters. The minimum Gasteiger partial charge on any atom is -0.465 e. The van der Waals surface area contributed by atoms with Crippen LogP contribution in [0.3, 0.4) is 0 Å². The molecule has 0 aromatic rings. The minimum atomic E-state index is -0.414. The Balaban J connectivity index is 4.41.